The third-order valence-corrected chi connectivity index (χ3v) is 3.06. The van der Waals surface area contributed by atoms with Gasteiger partial charge in [-0.25, -0.2) is 4.79 Å². The molecule has 0 saturated heterocycles. The highest BCUT2D eigenvalue weighted by molar-refractivity contribution is 5.95. The second kappa shape index (κ2) is 5.32. The smallest absolute Gasteiger partial charge is 0.418 e. The number of pyridine rings is 1. The fourth-order valence-corrected chi connectivity index (χ4v) is 2.21. The van der Waals surface area contributed by atoms with Crippen molar-refractivity contribution in [2.45, 2.75) is 19.6 Å². The summed E-state index contributed by atoms with van der Waals surface area (Å²) in [5.74, 6) is -1.47. The van der Waals surface area contributed by atoms with Gasteiger partial charge in [-0.15, -0.1) is 0 Å². The largest absolute Gasteiger partial charge is 0.478 e. The van der Waals surface area contributed by atoms with Gasteiger partial charge in [-0.1, -0.05) is 12.2 Å². The first-order valence-electron chi connectivity index (χ1n) is 6.23. The van der Waals surface area contributed by atoms with Crippen molar-refractivity contribution in [3.8, 4) is 0 Å². The number of hydrogen-bond donors (Lipinski definition) is 1. The van der Waals surface area contributed by atoms with Gasteiger partial charge in [0.05, 0.1) is 16.6 Å². The maximum atomic E-state index is 13.3. The highest BCUT2D eigenvalue weighted by Crippen LogP contribution is 2.35. The molecule has 0 unspecified atom stereocenters. The van der Waals surface area contributed by atoms with Gasteiger partial charge in [-0.05, 0) is 30.5 Å². The molecule has 1 N–H and O–H groups in total. The summed E-state index contributed by atoms with van der Waals surface area (Å²) in [5.41, 5.74) is -2.08. The molecule has 2 aromatic rings. The molecule has 0 radical (unpaired) electrons. The number of carbonyl (C=O) groups is 1. The maximum Gasteiger partial charge on any atom is 0.418 e. The lowest BCUT2D eigenvalue weighted by molar-refractivity contribution is -0.136. The first-order valence-corrected chi connectivity index (χ1v) is 6.23. The summed E-state index contributed by atoms with van der Waals surface area (Å²) < 4.78 is 40.8. The lowest BCUT2D eigenvalue weighted by Gasteiger charge is -2.16. The van der Waals surface area contributed by atoms with Gasteiger partial charge in [-0.3, -0.25) is 4.79 Å². The van der Waals surface area contributed by atoms with Crippen molar-refractivity contribution in [3.05, 3.63) is 57.9 Å². The van der Waals surface area contributed by atoms with E-state index in [9.17, 15) is 22.8 Å². The zero-order chi connectivity index (χ0) is 16.7. The number of rotatable bonds is 3. The lowest BCUT2D eigenvalue weighted by Crippen LogP contribution is -2.23. The van der Waals surface area contributed by atoms with Gasteiger partial charge in [0.25, 0.3) is 5.56 Å². The lowest BCUT2D eigenvalue weighted by atomic mass is 10.0. The number of carboxylic acid groups (broad SMARTS) is 1. The SMILES string of the molecule is C=C(C)Cn1c(=O)ccc2cc(C(=O)O)cc(C(F)(F)F)c21. The summed E-state index contributed by atoms with van der Waals surface area (Å²) in [6.07, 6.45) is -4.78. The van der Waals surface area contributed by atoms with Crippen molar-refractivity contribution < 1.29 is 23.1 Å². The van der Waals surface area contributed by atoms with Crippen LogP contribution in [0, 0.1) is 0 Å². The average molecular weight is 311 g/mol. The maximum absolute atomic E-state index is 13.3. The van der Waals surface area contributed by atoms with Gasteiger partial charge in [0.1, 0.15) is 0 Å². The van der Waals surface area contributed by atoms with Crippen LogP contribution in [0.25, 0.3) is 10.9 Å². The van der Waals surface area contributed by atoms with E-state index in [1.54, 1.807) is 6.92 Å². The number of allylic oxidation sites excluding steroid dienone is 1. The van der Waals surface area contributed by atoms with E-state index in [2.05, 4.69) is 6.58 Å². The monoisotopic (exact) mass is 311 g/mol. The molecule has 0 aliphatic heterocycles. The Balaban J connectivity index is 2.97. The molecule has 0 spiro atoms. The summed E-state index contributed by atoms with van der Waals surface area (Å²) in [5, 5.41) is 8.99. The topological polar surface area (TPSA) is 59.3 Å². The minimum atomic E-state index is -4.78. The molecule has 0 aliphatic rings. The van der Waals surface area contributed by atoms with E-state index in [1.807, 2.05) is 0 Å². The van der Waals surface area contributed by atoms with Crippen molar-refractivity contribution in [1.82, 2.24) is 4.57 Å². The number of carboxylic acids is 1. The normalized spacial score (nSPS) is 11.6. The van der Waals surface area contributed by atoms with E-state index in [0.29, 0.717) is 11.6 Å². The van der Waals surface area contributed by atoms with Gasteiger partial charge >= 0.3 is 12.1 Å². The molecule has 7 heteroatoms. The van der Waals surface area contributed by atoms with E-state index in [4.69, 9.17) is 5.11 Å². The van der Waals surface area contributed by atoms with Gasteiger partial charge in [0.2, 0.25) is 0 Å². The number of aromatic carboxylic acids is 1. The molecular weight excluding hydrogens is 299 g/mol. The van der Waals surface area contributed by atoms with Crippen LogP contribution in [0.4, 0.5) is 13.2 Å². The Kier molecular flexibility index (Phi) is 3.83. The van der Waals surface area contributed by atoms with Gasteiger partial charge in [0, 0.05) is 12.6 Å². The van der Waals surface area contributed by atoms with Gasteiger partial charge in [0.15, 0.2) is 0 Å². The van der Waals surface area contributed by atoms with Gasteiger partial charge < -0.3 is 9.67 Å². The van der Waals surface area contributed by atoms with Crippen molar-refractivity contribution >= 4 is 16.9 Å². The molecule has 0 fully saturated rings. The predicted molar refractivity (Wildman–Crippen MR) is 75.0 cm³/mol. The molecule has 1 aromatic carbocycles. The first-order chi connectivity index (χ1) is 10.1. The molecule has 0 bridgehead atoms. The molecule has 22 heavy (non-hydrogen) atoms. The third kappa shape index (κ3) is 2.88. The second-order valence-corrected chi connectivity index (χ2v) is 4.98. The van der Waals surface area contributed by atoms with Crippen molar-refractivity contribution in [2.75, 3.05) is 0 Å². The van der Waals surface area contributed by atoms with Crippen LogP contribution in [0.3, 0.4) is 0 Å². The van der Waals surface area contributed by atoms with Crippen LogP contribution < -0.4 is 5.56 Å². The minimum Gasteiger partial charge on any atom is -0.478 e. The van der Waals surface area contributed by atoms with Crippen LogP contribution >= 0.6 is 0 Å². The van der Waals surface area contributed by atoms with E-state index >= 15 is 0 Å². The standard InChI is InChI=1S/C15H12F3NO3/c1-8(2)7-19-12(20)4-3-9-5-10(14(21)22)6-11(13(9)19)15(16,17)18/h3-6H,1,7H2,2H3,(H,21,22). The Bertz CT molecular complexity index is 834. The number of aromatic nitrogens is 1. The zero-order valence-corrected chi connectivity index (χ0v) is 11.6. The van der Waals surface area contributed by atoms with Crippen molar-refractivity contribution in [2.24, 2.45) is 0 Å². The minimum absolute atomic E-state index is 0.0353. The van der Waals surface area contributed by atoms with Crippen LogP contribution in [0.1, 0.15) is 22.8 Å². The Hall–Kier alpha value is -2.57. The van der Waals surface area contributed by atoms with Crippen molar-refractivity contribution in [3.63, 3.8) is 0 Å². The molecular formula is C15H12F3NO3. The second-order valence-electron chi connectivity index (χ2n) is 4.98. The first kappa shape index (κ1) is 15.8. The number of nitrogens with zero attached hydrogens (tertiary/aromatic N) is 1. The molecule has 116 valence electrons. The van der Waals surface area contributed by atoms with Gasteiger partial charge in [-0.2, -0.15) is 13.2 Å². The Labute approximate surface area is 123 Å². The van der Waals surface area contributed by atoms with E-state index < -0.39 is 28.8 Å². The molecule has 0 amide bonds. The fraction of sp³-hybridized carbons (Fsp3) is 0.200. The van der Waals surface area contributed by atoms with E-state index in [-0.39, 0.29) is 17.4 Å². The number of benzene rings is 1. The highest BCUT2D eigenvalue weighted by Gasteiger charge is 2.35. The number of alkyl halides is 3. The van der Waals surface area contributed by atoms with Crippen LogP contribution in [-0.4, -0.2) is 15.6 Å². The number of fused-ring (bicyclic) bond motifs is 1. The molecule has 0 saturated carbocycles. The molecule has 0 aliphatic carbocycles. The quantitative estimate of drug-likeness (QED) is 0.885. The summed E-state index contributed by atoms with van der Waals surface area (Å²) in [7, 11) is 0. The molecule has 2 rings (SSSR count). The Morgan fingerprint density at radius 3 is 2.45 bits per heavy atom. The van der Waals surface area contributed by atoms with E-state index in [0.717, 1.165) is 16.7 Å². The fourth-order valence-electron chi connectivity index (χ4n) is 2.21. The molecule has 4 nitrogen and oxygen atoms in total. The molecule has 1 heterocycles. The van der Waals surface area contributed by atoms with Crippen molar-refractivity contribution in [1.29, 1.82) is 0 Å². The average Bonchev–Trinajstić information content (AvgIpc) is 2.39. The van der Waals surface area contributed by atoms with Crippen LogP contribution in [0.15, 0.2) is 41.2 Å². The number of halogens is 3. The highest BCUT2D eigenvalue weighted by atomic mass is 19.4. The van der Waals surface area contributed by atoms with Crippen LogP contribution in [-0.2, 0) is 12.7 Å². The number of hydrogen-bond acceptors (Lipinski definition) is 2. The third-order valence-electron chi connectivity index (χ3n) is 3.06. The Morgan fingerprint density at radius 1 is 1.32 bits per heavy atom. The summed E-state index contributed by atoms with van der Waals surface area (Å²) >= 11 is 0. The van der Waals surface area contributed by atoms with Crippen LogP contribution in [0.2, 0.25) is 0 Å². The summed E-state index contributed by atoms with van der Waals surface area (Å²) in [6.45, 7) is 5.11. The molecule has 0 atom stereocenters. The summed E-state index contributed by atoms with van der Waals surface area (Å²) in [6, 6.07) is 3.95. The van der Waals surface area contributed by atoms with Crippen LogP contribution in [0.5, 0.6) is 0 Å². The zero-order valence-electron chi connectivity index (χ0n) is 11.6. The van der Waals surface area contributed by atoms with E-state index in [1.165, 1.54) is 6.07 Å². The molecule has 1 aromatic heterocycles. The Morgan fingerprint density at radius 2 is 1.95 bits per heavy atom. The summed E-state index contributed by atoms with van der Waals surface area (Å²) in [4.78, 5) is 22.9. The predicted octanol–water partition coefficient (Wildman–Crippen LogP) is 3.29.